The smallest absolute Gasteiger partial charge is 0.337 e. The minimum atomic E-state index is -1.45. The Hall–Kier alpha value is -1.95. The average Bonchev–Trinajstić information content (AvgIpc) is 2.26. The van der Waals surface area contributed by atoms with Crippen molar-refractivity contribution in [3.05, 3.63) is 35.1 Å². The van der Waals surface area contributed by atoms with Crippen molar-refractivity contribution in [1.82, 2.24) is 0 Å². The molecule has 1 aromatic rings. The summed E-state index contributed by atoms with van der Waals surface area (Å²) in [5.41, 5.74) is 5.06. The molecule has 0 aliphatic heterocycles. The number of methoxy groups -OCH3 is 1. The predicted octanol–water partition coefficient (Wildman–Crippen LogP) is 0.697. The molecule has 0 aromatic heterocycles. The van der Waals surface area contributed by atoms with Gasteiger partial charge in [0.05, 0.1) is 12.7 Å². The van der Waals surface area contributed by atoms with Crippen molar-refractivity contribution < 1.29 is 23.8 Å². The van der Waals surface area contributed by atoms with E-state index in [9.17, 15) is 14.0 Å². The van der Waals surface area contributed by atoms with Crippen LogP contribution >= 0.6 is 0 Å². The number of carbonyl (C=O) groups is 2. The van der Waals surface area contributed by atoms with Crippen LogP contribution in [0.1, 0.15) is 22.0 Å². The van der Waals surface area contributed by atoms with Crippen molar-refractivity contribution in [2.24, 2.45) is 5.73 Å². The van der Waals surface area contributed by atoms with E-state index in [1.54, 1.807) is 0 Å². The molecule has 0 saturated carbocycles. The molecule has 0 aliphatic carbocycles. The minimum absolute atomic E-state index is 0.00124. The fraction of sp³-hybridized carbons (Fsp3) is 0.200. The highest BCUT2D eigenvalue weighted by molar-refractivity contribution is 5.89. The number of benzene rings is 1. The molecular formula is C10H10FNO4. The summed E-state index contributed by atoms with van der Waals surface area (Å²) >= 11 is 0. The van der Waals surface area contributed by atoms with Crippen molar-refractivity contribution in [3.63, 3.8) is 0 Å². The molecule has 0 amide bonds. The Morgan fingerprint density at radius 3 is 2.56 bits per heavy atom. The second kappa shape index (κ2) is 4.71. The van der Waals surface area contributed by atoms with Crippen LogP contribution in [-0.2, 0) is 9.53 Å². The maximum absolute atomic E-state index is 13.4. The van der Waals surface area contributed by atoms with E-state index < -0.39 is 23.8 Å². The van der Waals surface area contributed by atoms with E-state index in [2.05, 4.69) is 4.74 Å². The van der Waals surface area contributed by atoms with Crippen molar-refractivity contribution >= 4 is 11.9 Å². The highest BCUT2D eigenvalue weighted by Crippen LogP contribution is 2.17. The monoisotopic (exact) mass is 227 g/mol. The molecule has 1 atom stereocenters. The summed E-state index contributed by atoms with van der Waals surface area (Å²) in [6, 6.07) is 1.85. The average molecular weight is 227 g/mol. The Morgan fingerprint density at radius 2 is 2.12 bits per heavy atom. The fourth-order valence-electron chi connectivity index (χ4n) is 1.16. The molecule has 16 heavy (non-hydrogen) atoms. The van der Waals surface area contributed by atoms with E-state index >= 15 is 0 Å². The lowest BCUT2D eigenvalue weighted by Gasteiger charge is -2.08. The first-order valence-electron chi connectivity index (χ1n) is 4.33. The molecule has 0 fully saturated rings. The maximum Gasteiger partial charge on any atom is 0.337 e. The van der Waals surface area contributed by atoms with Crippen molar-refractivity contribution in [3.8, 4) is 0 Å². The van der Waals surface area contributed by atoms with Gasteiger partial charge in [0.25, 0.3) is 0 Å². The van der Waals surface area contributed by atoms with Gasteiger partial charge in [-0.25, -0.2) is 9.18 Å². The number of esters is 1. The van der Waals surface area contributed by atoms with Gasteiger partial charge in [-0.15, -0.1) is 0 Å². The van der Waals surface area contributed by atoms with Crippen molar-refractivity contribution in [1.29, 1.82) is 0 Å². The van der Waals surface area contributed by atoms with Gasteiger partial charge in [-0.05, 0) is 12.1 Å². The first kappa shape index (κ1) is 12.1. The van der Waals surface area contributed by atoms with Gasteiger partial charge in [-0.1, -0.05) is 6.07 Å². The van der Waals surface area contributed by atoms with Crippen LogP contribution in [0, 0.1) is 5.82 Å². The van der Waals surface area contributed by atoms with Crippen LogP contribution in [0.2, 0.25) is 0 Å². The highest BCUT2D eigenvalue weighted by atomic mass is 19.1. The quantitative estimate of drug-likeness (QED) is 0.742. The van der Waals surface area contributed by atoms with Crippen LogP contribution in [0.25, 0.3) is 0 Å². The molecule has 1 aromatic carbocycles. The molecule has 0 bridgehead atoms. The summed E-state index contributed by atoms with van der Waals surface area (Å²) in [5.74, 6) is -2.89. The van der Waals surface area contributed by atoms with E-state index in [0.29, 0.717) is 0 Å². The van der Waals surface area contributed by atoms with Gasteiger partial charge in [0.1, 0.15) is 11.9 Å². The Labute approximate surface area is 90.6 Å². The van der Waals surface area contributed by atoms with Crippen molar-refractivity contribution in [2.75, 3.05) is 7.11 Å². The number of carbonyl (C=O) groups excluding carboxylic acids is 1. The van der Waals surface area contributed by atoms with Gasteiger partial charge in [0, 0.05) is 5.56 Å². The third-order valence-corrected chi connectivity index (χ3v) is 2.02. The van der Waals surface area contributed by atoms with E-state index in [0.717, 1.165) is 19.2 Å². The Kier molecular flexibility index (Phi) is 3.57. The number of nitrogens with two attached hydrogens (primary N) is 1. The third-order valence-electron chi connectivity index (χ3n) is 2.02. The van der Waals surface area contributed by atoms with E-state index in [1.165, 1.54) is 6.07 Å². The first-order chi connectivity index (χ1) is 7.47. The number of carboxylic acid groups (broad SMARTS) is 1. The SMILES string of the molecule is COC(=O)c1ccc(C(N)C(=O)O)c(F)c1. The molecule has 0 saturated heterocycles. The zero-order chi connectivity index (χ0) is 12.3. The lowest BCUT2D eigenvalue weighted by molar-refractivity contribution is -0.138. The molecule has 5 nitrogen and oxygen atoms in total. The van der Waals surface area contributed by atoms with Crippen LogP contribution in [-0.4, -0.2) is 24.2 Å². The molecular weight excluding hydrogens is 217 g/mol. The predicted molar refractivity (Wildman–Crippen MR) is 52.3 cm³/mol. The lowest BCUT2D eigenvalue weighted by Crippen LogP contribution is -2.22. The standard InChI is InChI=1S/C10H10FNO4/c1-16-10(15)5-2-3-6(7(11)4-5)8(12)9(13)14/h2-4,8H,12H2,1H3,(H,13,14). The van der Waals surface area contributed by atoms with E-state index in [4.69, 9.17) is 10.8 Å². The van der Waals surface area contributed by atoms with Crippen LogP contribution in [0.4, 0.5) is 4.39 Å². The summed E-state index contributed by atoms with van der Waals surface area (Å²) in [6.07, 6.45) is 0. The Bertz CT molecular complexity index is 433. The first-order valence-corrected chi connectivity index (χ1v) is 4.33. The highest BCUT2D eigenvalue weighted by Gasteiger charge is 2.19. The second-order valence-electron chi connectivity index (χ2n) is 3.04. The third kappa shape index (κ3) is 2.34. The number of hydrogen-bond acceptors (Lipinski definition) is 4. The van der Waals surface area contributed by atoms with Gasteiger partial charge >= 0.3 is 11.9 Å². The normalized spacial score (nSPS) is 11.9. The molecule has 1 rings (SSSR count). The van der Waals surface area contributed by atoms with Crippen LogP contribution in [0.3, 0.4) is 0 Å². The molecule has 6 heteroatoms. The number of carboxylic acids is 1. The van der Waals surface area contributed by atoms with E-state index in [-0.39, 0.29) is 11.1 Å². The maximum atomic E-state index is 13.4. The van der Waals surface area contributed by atoms with Gasteiger partial charge < -0.3 is 15.6 Å². The zero-order valence-corrected chi connectivity index (χ0v) is 8.44. The molecule has 86 valence electrons. The topological polar surface area (TPSA) is 89.6 Å². The van der Waals surface area contributed by atoms with Gasteiger partial charge in [-0.3, -0.25) is 4.79 Å². The Morgan fingerprint density at radius 1 is 1.50 bits per heavy atom. The van der Waals surface area contributed by atoms with Gasteiger partial charge in [0.2, 0.25) is 0 Å². The molecule has 0 heterocycles. The van der Waals surface area contributed by atoms with E-state index in [1.807, 2.05) is 0 Å². The molecule has 0 radical (unpaired) electrons. The lowest BCUT2D eigenvalue weighted by atomic mass is 10.0. The second-order valence-corrected chi connectivity index (χ2v) is 3.04. The molecule has 3 N–H and O–H groups in total. The summed E-state index contributed by atoms with van der Waals surface area (Å²) < 4.78 is 17.8. The summed E-state index contributed by atoms with van der Waals surface area (Å²) in [6.45, 7) is 0. The number of rotatable bonds is 3. The van der Waals surface area contributed by atoms with Crippen LogP contribution in [0.15, 0.2) is 18.2 Å². The largest absolute Gasteiger partial charge is 0.480 e. The van der Waals surface area contributed by atoms with Gasteiger partial charge in [-0.2, -0.15) is 0 Å². The number of aliphatic carboxylic acids is 1. The summed E-state index contributed by atoms with van der Waals surface area (Å²) in [5, 5.41) is 8.60. The van der Waals surface area contributed by atoms with Crippen LogP contribution < -0.4 is 5.73 Å². The van der Waals surface area contributed by atoms with Crippen LogP contribution in [0.5, 0.6) is 0 Å². The minimum Gasteiger partial charge on any atom is -0.480 e. The fourth-order valence-corrected chi connectivity index (χ4v) is 1.16. The molecule has 0 spiro atoms. The number of halogens is 1. The number of ether oxygens (including phenoxy) is 1. The van der Waals surface area contributed by atoms with Gasteiger partial charge in [0.15, 0.2) is 0 Å². The van der Waals surface area contributed by atoms with Crippen molar-refractivity contribution in [2.45, 2.75) is 6.04 Å². The number of hydrogen-bond donors (Lipinski definition) is 2. The molecule has 0 aliphatic rings. The zero-order valence-electron chi connectivity index (χ0n) is 8.44. The molecule has 1 unspecified atom stereocenters. The summed E-state index contributed by atoms with van der Waals surface area (Å²) in [7, 11) is 1.16. The Balaban J connectivity index is 3.09. The summed E-state index contributed by atoms with van der Waals surface area (Å²) in [4.78, 5) is 21.6.